The molecule has 2 N–H and O–H groups in total. The summed E-state index contributed by atoms with van der Waals surface area (Å²) in [6.07, 6.45) is 4.47. The van der Waals surface area contributed by atoms with Gasteiger partial charge < -0.3 is 10.3 Å². The van der Waals surface area contributed by atoms with Gasteiger partial charge in [-0.15, -0.1) is 5.16 Å². The van der Waals surface area contributed by atoms with Crippen molar-refractivity contribution in [2.45, 2.75) is 12.5 Å². The van der Waals surface area contributed by atoms with Gasteiger partial charge in [0.25, 0.3) is 0 Å². The van der Waals surface area contributed by atoms with Gasteiger partial charge in [-0.2, -0.15) is 0 Å². The number of aliphatic hydroxyl groups is 1. The minimum absolute atomic E-state index is 0.319. The first kappa shape index (κ1) is 10.5. The van der Waals surface area contributed by atoms with Crippen molar-refractivity contribution in [3.05, 3.63) is 42.0 Å². The highest BCUT2D eigenvalue weighted by Gasteiger charge is 1.94. The molecule has 1 aromatic carbocycles. The van der Waals surface area contributed by atoms with E-state index in [1.807, 2.05) is 36.4 Å². The molecule has 0 aliphatic carbocycles. The molecule has 3 heteroatoms. The molecule has 3 nitrogen and oxygen atoms in total. The van der Waals surface area contributed by atoms with Crippen molar-refractivity contribution in [2.75, 3.05) is 0 Å². The van der Waals surface area contributed by atoms with E-state index in [-0.39, 0.29) is 0 Å². The number of hydrogen-bond donors (Lipinski definition) is 2. The van der Waals surface area contributed by atoms with Gasteiger partial charge in [0.2, 0.25) is 0 Å². The van der Waals surface area contributed by atoms with Gasteiger partial charge >= 0.3 is 0 Å². The predicted molar refractivity (Wildman–Crippen MR) is 56.4 cm³/mol. The number of benzene rings is 1. The maximum Gasteiger partial charge on any atom is 0.0774 e. The van der Waals surface area contributed by atoms with E-state index < -0.39 is 6.10 Å². The lowest BCUT2D eigenvalue weighted by atomic mass is 10.1. The average Bonchev–Trinajstić information content (AvgIpc) is 2.25. The molecule has 74 valence electrons. The van der Waals surface area contributed by atoms with Gasteiger partial charge in [0.05, 0.1) is 6.10 Å². The number of oxime groups is 1. The summed E-state index contributed by atoms with van der Waals surface area (Å²) < 4.78 is 0. The molecule has 0 aliphatic heterocycles. The molecule has 0 bridgehead atoms. The zero-order valence-electron chi connectivity index (χ0n) is 7.74. The molecule has 1 rings (SSSR count). The fourth-order valence-corrected chi connectivity index (χ4v) is 1.02. The number of aliphatic hydroxyl groups excluding tert-OH is 1. The molecular formula is C11H13NO2. The van der Waals surface area contributed by atoms with E-state index in [1.54, 1.807) is 6.08 Å². The highest BCUT2D eigenvalue weighted by Crippen LogP contribution is 2.02. The first-order chi connectivity index (χ1) is 6.83. The zero-order chi connectivity index (χ0) is 10.2. The minimum atomic E-state index is -0.605. The smallest absolute Gasteiger partial charge is 0.0774 e. The first-order valence-electron chi connectivity index (χ1n) is 4.40. The Morgan fingerprint density at radius 3 is 2.64 bits per heavy atom. The van der Waals surface area contributed by atoms with Crippen LogP contribution in [0.25, 0.3) is 6.08 Å². The lowest BCUT2D eigenvalue weighted by Crippen LogP contribution is -2.01. The minimum Gasteiger partial charge on any atom is -0.411 e. The van der Waals surface area contributed by atoms with Crippen LogP contribution in [0.2, 0.25) is 0 Å². The van der Waals surface area contributed by atoms with Gasteiger partial charge in [-0.3, -0.25) is 0 Å². The van der Waals surface area contributed by atoms with Crippen molar-refractivity contribution in [1.29, 1.82) is 0 Å². The normalized spacial score (nSPS) is 13.8. The van der Waals surface area contributed by atoms with Crippen LogP contribution in [0.3, 0.4) is 0 Å². The number of rotatable bonds is 4. The second-order valence-electron chi connectivity index (χ2n) is 2.87. The second-order valence-corrected chi connectivity index (χ2v) is 2.87. The Hall–Kier alpha value is -1.61. The van der Waals surface area contributed by atoms with E-state index in [2.05, 4.69) is 5.16 Å². The summed E-state index contributed by atoms with van der Waals surface area (Å²) in [5.41, 5.74) is 1.03. The molecule has 0 radical (unpaired) electrons. The fraction of sp³-hybridized carbons (Fsp3) is 0.182. The fourth-order valence-electron chi connectivity index (χ4n) is 1.02. The van der Waals surface area contributed by atoms with Crippen molar-refractivity contribution in [1.82, 2.24) is 0 Å². The molecule has 1 aromatic rings. The van der Waals surface area contributed by atoms with Gasteiger partial charge in [0.15, 0.2) is 0 Å². The lowest BCUT2D eigenvalue weighted by Gasteiger charge is -1.98. The van der Waals surface area contributed by atoms with Gasteiger partial charge in [0, 0.05) is 12.6 Å². The topological polar surface area (TPSA) is 52.8 Å². The number of nitrogens with zero attached hydrogens (tertiary/aromatic N) is 1. The van der Waals surface area contributed by atoms with E-state index in [4.69, 9.17) is 5.21 Å². The van der Waals surface area contributed by atoms with E-state index in [0.717, 1.165) is 5.56 Å². The monoisotopic (exact) mass is 191 g/mol. The van der Waals surface area contributed by atoms with E-state index in [9.17, 15) is 5.11 Å². The first-order valence-corrected chi connectivity index (χ1v) is 4.40. The molecule has 0 aliphatic rings. The third kappa shape index (κ3) is 3.87. The SMILES string of the molecule is O/N=C/CC(O)/C=C/c1ccccc1. The van der Waals surface area contributed by atoms with E-state index in [1.165, 1.54) is 6.21 Å². The highest BCUT2D eigenvalue weighted by molar-refractivity contribution is 5.58. The maximum atomic E-state index is 9.35. The summed E-state index contributed by atoms with van der Waals surface area (Å²) >= 11 is 0. The third-order valence-electron chi connectivity index (χ3n) is 1.74. The van der Waals surface area contributed by atoms with Crippen molar-refractivity contribution in [3.8, 4) is 0 Å². The Balaban J connectivity index is 2.47. The van der Waals surface area contributed by atoms with Crippen LogP contribution in [0, 0.1) is 0 Å². The van der Waals surface area contributed by atoms with Gasteiger partial charge in [-0.1, -0.05) is 42.5 Å². The highest BCUT2D eigenvalue weighted by atomic mass is 16.4. The largest absolute Gasteiger partial charge is 0.411 e. The molecule has 0 saturated heterocycles. The Morgan fingerprint density at radius 1 is 1.29 bits per heavy atom. The van der Waals surface area contributed by atoms with E-state index in [0.29, 0.717) is 6.42 Å². The van der Waals surface area contributed by atoms with Gasteiger partial charge in [0.1, 0.15) is 0 Å². The number of hydrogen-bond acceptors (Lipinski definition) is 3. The van der Waals surface area contributed by atoms with Crippen molar-refractivity contribution < 1.29 is 10.3 Å². The predicted octanol–water partition coefficient (Wildman–Crippen LogP) is 1.91. The molecule has 0 fully saturated rings. The Morgan fingerprint density at radius 2 is 2.00 bits per heavy atom. The second kappa shape index (κ2) is 5.94. The van der Waals surface area contributed by atoms with Gasteiger partial charge in [-0.05, 0) is 5.56 Å². The van der Waals surface area contributed by atoms with Crippen LogP contribution in [0.15, 0.2) is 41.6 Å². The average molecular weight is 191 g/mol. The summed E-state index contributed by atoms with van der Waals surface area (Å²) in [7, 11) is 0. The summed E-state index contributed by atoms with van der Waals surface area (Å²) in [4.78, 5) is 0. The van der Waals surface area contributed by atoms with Crippen molar-refractivity contribution in [3.63, 3.8) is 0 Å². The Kier molecular flexibility index (Phi) is 4.44. The Bertz CT molecular complexity index is 306. The summed E-state index contributed by atoms with van der Waals surface area (Å²) in [5.74, 6) is 0. The Labute approximate surface area is 83.0 Å². The molecular weight excluding hydrogens is 178 g/mol. The third-order valence-corrected chi connectivity index (χ3v) is 1.74. The summed E-state index contributed by atoms with van der Waals surface area (Å²) in [6, 6.07) is 9.70. The summed E-state index contributed by atoms with van der Waals surface area (Å²) in [5, 5.41) is 20.3. The van der Waals surface area contributed by atoms with Gasteiger partial charge in [-0.25, -0.2) is 0 Å². The van der Waals surface area contributed by atoms with Crippen LogP contribution < -0.4 is 0 Å². The van der Waals surface area contributed by atoms with Crippen LogP contribution in [0.4, 0.5) is 0 Å². The standard InChI is InChI=1S/C11H13NO2/c13-11(8-9-12-14)7-6-10-4-2-1-3-5-10/h1-7,9,11,13-14H,8H2/b7-6+,12-9+. The molecule has 1 atom stereocenters. The van der Waals surface area contributed by atoms with Crippen LogP contribution in [0.5, 0.6) is 0 Å². The van der Waals surface area contributed by atoms with Crippen LogP contribution in [-0.2, 0) is 0 Å². The quantitative estimate of drug-likeness (QED) is 0.434. The summed E-state index contributed by atoms with van der Waals surface area (Å²) in [6.45, 7) is 0. The van der Waals surface area contributed by atoms with Crippen LogP contribution in [0.1, 0.15) is 12.0 Å². The molecule has 14 heavy (non-hydrogen) atoms. The van der Waals surface area contributed by atoms with Crippen LogP contribution in [-0.4, -0.2) is 22.6 Å². The molecule has 0 saturated carbocycles. The molecule has 0 heterocycles. The molecule has 0 aromatic heterocycles. The van der Waals surface area contributed by atoms with Crippen molar-refractivity contribution in [2.24, 2.45) is 5.16 Å². The molecule has 0 amide bonds. The maximum absolute atomic E-state index is 9.35. The molecule has 1 unspecified atom stereocenters. The zero-order valence-corrected chi connectivity index (χ0v) is 7.74. The lowest BCUT2D eigenvalue weighted by molar-refractivity contribution is 0.231. The van der Waals surface area contributed by atoms with Crippen LogP contribution >= 0.6 is 0 Å². The molecule has 0 spiro atoms. The van der Waals surface area contributed by atoms with Crippen molar-refractivity contribution >= 4 is 12.3 Å². The van der Waals surface area contributed by atoms with E-state index >= 15 is 0 Å².